The molecule has 5 nitrogen and oxygen atoms in total. The summed E-state index contributed by atoms with van der Waals surface area (Å²) in [7, 11) is 0. The highest BCUT2D eigenvalue weighted by Gasteiger charge is 2.22. The lowest BCUT2D eigenvalue weighted by Gasteiger charge is -2.32. The average molecular weight is 362 g/mol. The summed E-state index contributed by atoms with van der Waals surface area (Å²) in [5.41, 5.74) is 1.18. The quantitative estimate of drug-likeness (QED) is 0.668. The molecule has 0 radical (unpaired) electrons. The van der Waals surface area contributed by atoms with Crippen LogP contribution in [-0.2, 0) is 0 Å². The van der Waals surface area contributed by atoms with E-state index < -0.39 is 0 Å². The van der Waals surface area contributed by atoms with E-state index in [0.717, 1.165) is 43.6 Å². The van der Waals surface area contributed by atoms with Crippen molar-refractivity contribution < 1.29 is 4.74 Å². The summed E-state index contributed by atoms with van der Waals surface area (Å²) in [5, 5.41) is 0. The van der Waals surface area contributed by atoms with Crippen molar-refractivity contribution in [3.63, 3.8) is 0 Å². The van der Waals surface area contributed by atoms with E-state index in [0.29, 0.717) is 5.92 Å². The van der Waals surface area contributed by atoms with Crippen molar-refractivity contribution in [2.75, 3.05) is 26.2 Å². The van der Waals surface area contributed by atoms with Crippen LogP contribution in [0.5, 0.6) is 5.75 Å². The topological polar surface area (TPSA) is 43.2 Å². The number of piperidine rings is 1. The first kappa shape index (κ1) is 17.7. The molecule has 140 valence electrons. The molecule has 1 atom stereocenters. The second-order valence-corrected chi connectivity index (χ2v) is 7.07. The third kappa shape index (κ3) is 4.37. The van der Waals surface area contributed by atoms with Crippen LogP contribution in [-0.4, -0.2) is 45.7 Å². The first-order valence-corrected chi connectivity index (χ1v) is 9.67. The van der Waals surface area contributed by atoms with E-state index in [1.165, 1.54) is 18.5 Å². The summed E-state index contributed by atoms with van der Waals surface area (Å²) in [6.07, 6.45) is 6.18. The maximum absolute atomic E-state index is 5.86. The van der Waals surface area contributed by atoms with Crippen LogP contribution in [0.3, 0.4) is 0 Å². The van der Waals surface area contributed by atoms with Crippen molar-refractivity contribution in [2.24, 2.45) is 0 Å². The van der Waals surface area contributed by atoms with E-state index in [2.05, 4.69) is 22.0 Å². The van der Waals surface area contributed by atoms with Gasteiger partial charge in [0.15, 0.2) is 0 Å². The minimum Gasteiger partial charge on any atom is -0.492 e. The number of aryl methyl sites for hydroxylation is 1. The molecule has 0 amide bonds. The van der Waals surface area contributed by atoms with Gasteiger partial charge in [-0.3, -0.25) is 9.47 Å². The van der Waals surface area contributed by atoms with E-state index in [9.17, 15) is 0 Å². The summed E-state index contributed by atoms with van der Waals surface area (Å²) in [6.45, 7) is 5.85. The molecule has 2 aromatic heterocycles. The van der Waals surface area contributed by atoms with Crippen LogP contribution in [0.4, 0.5) is 0 Å². The lowest BCUT2D eigenvalue weighted by Crippen LogP contribution is -2.37. The summed E-state index contributed by atoms with van der Waals surface area (Å²) >= 11 is 0. The summed E-state index contributed by atoms with van der Waals surface area (Å²) in [4.78, 5) is 11.7. The number of nitrogens with zero attached hydrogens (tertiary/aromatic N) is 4. The average Bonchev–Trinajstić information content (AvgIpc) is 3.15. The highest BCUT2D eigenvalue weighted by molar-refractivity contribution is 5.28. The maximum Gasteiger partial charge on any atom is 0.138 e. The number of hydrogen-bond acceptors (Lipinski definition) is 4. The van der Waals surface area contributed by atoms with Gasteiger partial charge in [0.1, 0.15) is 24.0 Å². The number of likely N-dealkylation sites (tertiary alicyclic amines) is 1. The van der Waals surface area contributed by atoms with Crippen LogP contribution >= 0.6 is 0 Å². The lowest BCUT2D eigenvalue weighted by molar-refractivity contribution is 0.169. The van der Waals surface area contributed by atoms with E-state index in [1.54, 1.807) is 0 Å². The molecule has 1 aliphatic rings. The molecule has 5 heteroatoms. The fraction of sp³-hybridized carbons (Fsp3) is 0.364. The minimum atomic E-state index is 0.472. The predicted octanol–water partition coefficient (Wildman–Crippen LogP) is 3.83. The van der Waals surface area contributed by atoms with Crippen LogP contribution in [0, 0.1) is 6.92 Å². The number of pyridine rings is 1. The zero-order valence-corrected chi connectivity index (χ0v) is 15.8. The first-order valence-electron chi connectivity index (χ1n) is 9.67. The maximum atomic E-state index is 5.86. The van der Waals surface area contributed by atoms with Crippen molar-refractivity contribution in [3.8, 4) is 11.6 Å². The van der Waals surface area contributed by atoms with Gasteiger partial charge in [-0.25, -0.2) is 9.97 Å². The molecule has 3 heterocycles. The third-order valence-electron chi connectivity index (χ3n) is 5.17. The Morgan fingerprint density at radius 1 is 1.11 bits per heavy atom. The monoisotopic (exact) mass is 362 g/mol. The number of imidazole rings is 1. The smallest absolute Gasteiger partial charge is 0.138 e. The molecule has 1 unspecified atom stereocenters. The van der Waals surface area contributed by atoms with Gasteiger partial charge in [0.05, 0.1) is 0 Å². The molecule has 0 aliphatic carbocycles. The minimum absolute atomic E-state index is 0.472. The molecule has 0 N–H and O–H groups in total. The van der Waals surface area contributed by atoms with Gasteiger partial charge in [-0.1, -0.05) is 24.3 Å². The Morgan fingerprint density at radius 2 is 2.00 bits per heavy atom. The van der Waals surface area contributed by atoms with Crippen molar-refractivity contribution in [2.45, 2.75) is 25.7 Å². The number of ether oxygens (including phenoxy) is 1. The van der Waals surface area contributed by atoms with E-state index >= 15 is 0 Å². The Kier molecular flexibility index (Phi) is 5.49. The molecule has 27 heavy (non-hydrogen) atoms. The predicted molar refractivity (Wildman–Crippen MR) is 106 cm³/mol. The van der Waals surface area contributed by atoms with Crippen LogP contribution in [0.1, 0.15) is 30.3 Å². The number of benzene rings is 1. The van der Waals surface area contributed by atoms with Gasteiger partial charge in [0, 0.05) is 37.1 Å². The standard InChI is InChI=1S/C22H26N4O/c1-18-23-12-14-26(18)22-11-5-10-21(24-22)19-7-6-13-25(17-19)15-16-27-20-8-3-2-4-9-20/h2-5,8-12,14,19H,6-7,13,15-17H2,1H3. The van der Waals surface area contributed by atoms with Gasteiger partial charge in [-0.15, -0.1) is 0 Å². The second kappa shape index (κ2) is 8.35. The molecule has 0 saturated carbocycles. The fourth-order valence-electron chi connectivity index (χ4n) is 3.73. The van der Waals surface area contributed by atoms with E-state index in [-0.39, 0.29) is 0 Å². The Bertz CT molecular complexity index is 862. The highest BCUT2D eigenvalue weighted by atomic mass is 16.5. The Balaban J connectivity index is 1.37. The zero-order chi connectivity index (χ0) is 18.5. The van der Waals surface area contributed by atoms with Crippen molar-refractivity contribution in [1.29, 1.82) is 0 Å². The Labute approximate surface area is 160 Å². The lowest BCUT2D eigenvalue weighted by atomic mass is 9.94. The van der Waals surface area contributed by atoms with Crippen molar-refractivity contribution in [1.82, 2.24) is 19.4 Å². The zero-order valence-electron chi connectivity index (χ0n) is 15.8. The van der Waals surface area contributed by atoms with Gasteiger partial charge in [0.25, 0.3) is 0 Å². The Hall–Kier alpha value is -2.66. The van der Waals surface area contributed by atoms with Crippen LogP contribution in [0.2, 0.25) is 0 Å². The largest absolute Gasteiger partial charge is 0.492 e. The molecule has 1 saturated heterocycles. The normalized spacial score (nSPS) is 17.7. The third-order valence-corrected chi connectivity index (χ3v) is 5.17. The van der Waals surface area contributed by atoms with Gasteiger partial charge >= 0.3 is 0 Å². The van der Waals surface area contributed by atoms with Gasteiger partial charge < -0.3 is 4.74 Å². The number of rotatable bonds is 6. The molecular weight excluding hydrogens is 336 g/mol. The Morgan fingerprint density at radius 3 is 2.81 bits per heavy atom. The van der Waals surface area contributed by atoms with Gasteiger partial charge in [0.2, 0.25) is 0 Å². The molecule has 0 spiro atoms. The SMILES string of the molecule is Cc1nccn1-c1cccc(C2CCCN(CCOc3ccccc3)C2)n1. The van der Waals surface area contributed by atoms with Crippen LogP contribution in [0.15, 0.2) is 60.9 Å². The summed E-state index contributed by atoms with van der Waals surface area (Å²) < 4.78 is 7.90. The number of aromatic nitrogens is 3. The van der Waals surface area contributed by atoms with Crippen molar-refractivity contribution in [3.05, 3.63) is 72.4 Å². The van der Waals surface area contributed by atoms with Gasteiger partial charge in [-0.2, -0.15) is 0 Å². The molecule has 1 fully saturated rings. The van der Waals surface area contributed by atoms with Gasteiger partial charge in [-0.05, 0) is 50.6 Å². The second-order valence-electron chi connectivity index (χ2n) is 7.07. The summed E-state index contributed by atoms with van der Waals surface area (Å²) in [6, 6.07) is 16.3. The number of para-hydroxylation sites is 1. The highest BCUT2D eigenvalue weighted by Crippen LogP contribution is 2.26. The molecule has 3 aromatic rings. The van der Waals surface area contributed by atoms with Crippen molar-refractivity contribution >= 4 is 0 Å². The molecule has 0 bridgehead atoms. The van der Waals surface area contributed by atoms with Crippen LogP contribution in [0.25, 0.3) is 5.82 Å². The van der Waals surface area contributed by atoms with Crippen LogP contribution < -0.4 is 4.74 Å². The van der Waals surface area contributed by atoms with E-state index in [4.69, 9.17) is 9.72 Å². The molecule has 1 aliphatic heterocycles. The molecular formula is C22H26N4O. The first-order chi connectivity index (χ1) is 13.3. The molecule has 1 aromatic carbocycles. The fourth-order valence-corrected chi connectivity index (χ4v) is 3.73. The summed E-state index contributed by atoms with van der Waals surface area (Å²) in [5.74, 6) is 3.32. The molecule has 4 rings (SSSR count). The van der Waals surface area contributed by atoms with E-state index in [1.807, 2.05) is 60.3 Å². The number of hydrogen-bond donors (Lipinski definition) is 0.